The maximum atomic E-state index is 10.5. The summed E-state index contributed by atoms with van der Waals surface area (Å²) in [6, 6.07) is 0. The Balaban J connectivity index is 4.19. The number of carboxylic acids is 1. The quantitative estimate of drug-likeness (QED) is 0.400. The van der Waals surface area contributed by atoms with Crippen molar-refractivity contribution >= 4 is 5.97 Å². The highest BCUT2D eigenvalue weighted by molar-refractivity contribution is 5.66. The number of aliphatic carboxylic acids is 1. The molecular weight excluding hydrogens is 198 g/mol. The van der Waals surface area contributed by atoms with E-state index < -0.39 is 10.9 Å². The number of hydrogen-bond acceptors (Lipinski definition) is 3. The predicted molar refractivity (Wildman–Crippen MR) is 56.0 cm³/mol. The van der Waals surface area contributed by atoms with E-state index in [1.165, 1.54) is 6.08 Å². The van der Waals surface area contributed by atoms with Gasteiger partial charge in [0.2, 0.25) is 5.70 Å². The third kappa shape index (κ3) is 7.42. The number of rotatable bonds is 7. The van der Waals surface area contributed by atoms with Crippen molar-refractivity contribution in [1.82, 2.24) is 0 Å². The van der Waals surface area contributed by atoms with Crippen molar-refractivity contribution in [3.8, 4) is 0 Å². The first-order chi connectivity index (χ1) is 7.07. The molecule has 0 atom stereocenters. The van der Waals surface area contributed by atoms with Crippen LogP contribution in [0.25, 0.3) is 0 Å². The first kappa shape index (κ1) is 13.4. The molecule has 1 N–H and O–H groups in total. The highest BCUT2D eigenvalue weighted by atomic mass is 16.6. The zero-order valence-electron chi connectivity index (χ0n) is 8.68. The number of allylic oxidation sites excluding steroid dienone is 3. The van der Waals surface area contributed by atoms with Crippen molar-refractivity contribution in [2.45, 2.75) is 32.6 Å². The molecule has 0 saturated carbocycles. The van der Waals surface area contributed by atoms with Crippen molar-refractivity contribution in [3.05, 3.63) is 34.0 Å². The van der Waals surface area contributed by atoms with Gasteiger partial charge in [-0.2, -0.15) is 0 Å². The molecule has 0 bridgehead atoms. The molecule has 0 aliphatic carbocycles. The Hall–Kier alpha value is -1.65. The third-order valence-electron chi connectivity index (χ3n) is 1.70. The molecule has 0 spiro atoms. The Labute approximate surface area is 88.3 Å². The molecule has 0 aliphatic heterocycles. The minimum absolute atomic E-state index is 0.0564. The van der Waals surface area contributed by atoms with E-state index in [0.717, 1.165) is 6.42 Å². The highest BCUT2D eigenvalue weighted by Gasteiger charge is 2.07. The zero-order chi connectivity index (χ0) is 11.7. The molecule has 5 heteroatoms. The molecule has 0 amide bonds. The molecule has 15 heavy (non-hydrogen) atoms. The van der Waals surface area contributed by atoms with Crippen LogP contribution in [0.15, 0.2) is 23.9 Å². The summed E-state index contributed by atoms with van der Waals surface area (Å²) in [5.41, 5.74) is 0.0564. The van der Waals surface area contributed by atoms with Crippen LogP contribution in [0.2, 0.25) is 0 Å². The van der Waals surface area contributed by atoms with Crippen molar-refractivity contribution in [1.29, 1.82) is 0 Å². The van der Waals surface area contributed by atoms with Gasteiger partial charge in [0.1, 0.15) is 0 Å². The molecular formula is C10H15NO4. The lowest BCUT2D eigenvalue weighted by atomic mass is 10.2. The van der Waals surface area contributed by atoms with Crippen molar-refractivity contribution in [2.75, 3.05) is 0 Å². The second kappa shape index (κ2) is 7.73. The molecule has 0 aromatic carbocycles. The van der Waals surface area contributed by atoms with E-state index in [2.05, 4.69) is 0 Å². The van der Waals surface area contributed by atoms with Crippen LogP contribution in [-0.2, 0) is 4.79 Å². The summed E-state index contributed by atoms with van der Waals surface area (Å²) in [6.07, 6.45) is 6.14. The summed E-state index contributed by atoms with van der Waals surface area (Å²) < 4.78 is 0. The first-order valence-corrected chi connectivity index (χ1v) is 4.78. The molecule has 5 nitrogen and oxygen atoms in total. The normalized spacial score (nSPS) is 11.9. The van der Waals surface area contributed by atoms with Gasteiger partial charge in [-0.25, -0.2) is 0 Å². The van der Waals surface area contributed by atoms with Crippen LogP contribution in [0.5, 0.6) is 0 Å². The minimum atomic E-state index is -0.946. The van der Waals surface area contributed by atoms with Gasteiger partial charge in [-0.15, -0.1) is 0 Å². The summed E-state index contributed by atoms with van der Waals surface area (Å²) in [5, 5.41) is 18.9. The molecule has 0 aromatic rings. The number of nitro groups is 1. The van der Waals surface area contributed by atoms with Crippen LogP contribution in [0, 0.1) is 10.1 Å². The number of carbonyl (C=O) groups is 1. The molecule has 0 fully saturated rings. The second-order valence-corrected chi connectivity index (χ2v) is 2.97. The van der Waals surface area contributed by atoms with E-state index in [0.29, 0.717) is 0 Å². The van der Waals surface area contributed by atoms with Crippen LogP contribution < -0.4 is 0 Å². The Morgan fingerprint density at radius 1 is 1.47 bits per heavy atom. The fourth-order valence-corrected chi connectivity index (χ4v) is 0.965. The fourth-order valence-electron chi connectivity index (χ4n) is 0.965. The molecule has 0 heterocycles. The average molecular weight is 213 g/mol. The Morgan fingerprint density at radius 2 is 2.13 bits per heavy atom. The maximum absolute atomic E-state index is 10.5. The lowest BCUT2D eigenvalue weighted by molar-refractivity contribution is -0.427. The lowest BCUT2D eigenvalue weighted by Gasteiger charge is -1.94. The molecule has 0 unspecified atom stereocenters. The van der Waals surface area contributed by atoms with Gasteiger partial charge in [0.25, 0.3) is 0 Å². The van der Waals surface area contributed by atoms with Gasteiger partial charge in [-0.1, -0.05) is 19.1 Å². The fraction of sp³-hybridized carbons (Fsp3) is 0.500. The van der Waals surface area contributed by atoms with Crippen LogP contribution in [0.1, 0.15) is 32.6 Å². The zero-order valence-corrected chi connectivity index (χ0v) is 8.68. The van der Waals surface area contributed by atoms with Gasteiger partial charge in [0.05, 0.1) is 11.3 Å². The molecule has 0 aromatic heterocycles. The number of hydrogen-bond donors (Lipinski definition) is 1. The smallest absolute Gasteiger partial charge is 0.303 e. The summed E-state index contributed by atoms with van der Waals surface area (Å²) in [6.45, 7) is 1.94. The number of nitrogens with zero attached hydrogens (tertiary/aromatic N) is 1. The highest BCUT2D eigenvalue weighted by Crippen LogP contribution is 2.06. The van der Waals surface area contributed by atoms with Crippen LogP contribution in [0.3, 0.4) is 0 Å². The third-order valence-corrected chi connectivity index (χ3v) is 1.70. The predicted octanol–water partition coefficient (Wildman–Crippen LogP) is 2.37. The van der Waals surface area contributed by atoms with Crippen molar-refractivity contribution < 1.29 is 14.8 Å². The van der Waals surface area contributed by atoms with Gasteiger partial charge in [-0.3, -0.25) is 14.9 Å². The Kier molecular flexibility index (Phi) is 6.88. The van der Waals surface area contributed by atoms with E-state index in [-0.39, 0.29) is 25.0 Å². The van der Waals surface area contributed by atoms with Crippen LogP contribution in [-0.4, -0.2) is 16.0 Å². The van der Waals surface area contributed by atoms with Gasteiger partial charge in [0, 0.05) is 6.42 Å². The molecule has 84 valence electrons. The van der Waals surface area contributed by atoms with Gasteiger partial charge < -0.3 is 5.11 Å². The van der Waals surface area contributed by atoms with Gasteiger partial charge in [-0.05, 0) is 18.9 Å². The summed E-state index contributed by atoms with van der Waals surface area (Å²) >= 11 is 0. The van der Waals surface area contributed by atoms with Gasteiger partial charge in [0.15, 0.2) is 0 Å². The molecule has 0 saturated heterocycles. The average Bonchev–Trinajstić information content (AvgIpc) is 2.15. The molecule has 0 aliphatic rings. The monoisotopic (exact) mass is 213 g/mol. The largest absolute Gasteiger partial charge is 0.481 e. The summed E-state index contributed by atoms with van der Waals surface area (Å²) in [4.78, 5) is 20.3. The topological polar surface area (TPSA) is 80.4 Å². The van der Waals surface area contributed by atoms with Gasteiger partial charge >= 0.3 is 5.97 Å². The van der Waals surface area contributed by atoms with Crippen molar-refractivity contribution in [2.24, 2.45) is 0 Å². The van der Waals surface area contributed by atoms with E-state index in [9.17, 15) is 14.9 Å². The Bertz CT molecular complexity index is 281. The Morgan fingerprint density at radius 3 is 2.60 bits per heavy atom. The number of carboxylic acid groups (broad SMARTS) is 1. The van der Waals surface area contributed by atoms with Crippen LogP contribution in [0.4, 0.5) is 0 Å². The standard InChI is InChI=1S/C10H15NO4/c1-2-3-4-6-9(11(14)15)7-5-8-10(12)13/h3-4,7H,2,5-6,8H2,1H3,(H,12,13)/b4-3-,9-7+. The van der Waals surface area contributed by atoms with Crippen LogP contribution >= 0.6 is 0 Å². The van der Waals surface area contributed by atoms with E-state index in [4.69, 9.17) is 5.11 Å². The van der Waals surface area contributed by atoms with E-state index in [1.54, 1.807) is 6.08 Å². The lowest BCUT2D eigenvalue weighted by Crippen LogP contribution is -1.99. The minimum Gasteiger partial charge on any atom is -0.481 e. The van der Waals surface area contributed by atoms with Crippen molar-refractivity contribution in [3.63, 3.8) is 0 Å². The molecule has 0 radical (unpaired) electrons. The summed E-state index contributed by atoms with van der Waals surface area (Å²) in [7, 11) is 0. The maximum Gasteiger partial charge on any atom is 0.303 e. The summed E-state index contributed by atoms with van der Waals surface area (Å²) in [5.74, 6) is -0.946. The van der Waals surface area contributed by atoms with E-state index >= 15 is 0 Å². The SMILES string of the molecule is CC/C=C\C/C(=C\CCC(=O)O)[N+](=O)[O-]. The van der Waals surface area contributed by atoms with E-state index in [1.807, 2.05) is 13.0 Å². The second-order valence-electron chi connectivity index (χ2n) is 2.97. The first-order valence-electron chi connectivity index (χ1n) is 4.78. The molecule has 0 rings (SSSR count).